The Morgan fingerprint density at radius 1 is 1.50 bits per heavy atom. The molecule has 0 saturated carbocycles. The van der Waals surface area contributed by atoms with Crippen LogP contribution in [0.25, 0.3) is 0 Å². The minimum atomic E-state index is 0. The van der Waals surface area contributed by atoms with Crippen molar-refractivity contribution in [3.63, 3.8) is 0 Å². The highest BCUT2D eigenvalue weighted by Crippen LogP contribution is 2.27. The molecule has 0 aromatic heterocycles. The molecule has 1 aromatic carbocycles. The van der Waals surface area contributed by atoms with Gasteiger partial charge in [-0.3, -0.25) is 0 Å². The fourth-order valence-electron chi connectivity index (χ4n) is 1.14. The summed E-state index contributed by atoms with van der Waals surface area (Å²) in [5.74, 6) is 0.683. The summed E-state index contributed by atoms with van der Waals surface area (Å²) < 4.78 is 5.09. The van der Waals surface area contributed by atoms with Gasteiger partial charge in [0.15, 0.2) is 0 Å². The third-order valence-electron chi connectivity index (χ3n) is 2.04. The quantitative estimate of drug-likeness (QED) is 0.874. The Labute approximate surface area is 95.8 Å². The Hall–Kier alpha value is -0.440. The number of ether oxygens (including phenoxy) is 1. The van der Waals surface area contributed by atoms with Crippen LogP contribution in [0.4, 0.5) is 0 Å². The van der Waals surface area contributed by atoms with Gasteiger partial charge < -0.3 is 10.5 Å². The summed E-state index contributed by atoms with van der Waals surface area (Å²) in [4.78, 5) is 0. The molecule has 0 unspecified atom stereocenters. The van der Waals surface area contributed by atoms with E-state index in [1.54, 1.807) is 7.11 Å². The van der Waals surface area contributed by atoms with Gasteiger partial charge in [0.2, 0.25) is 0 Å². The smallest absolute Gasteiger partial charge is 0.137 e. The number of hydrogen-bond acceptors (Lipinski definition) is 2. The van der Waals surface area contributed by atoms with E-state index in [0.717, 1.165) is 12.0 Å². The maximum Gasteiger partial charge on any atom is 0.137 e. The fraction of sp³-hybridized carbons (Fsp3) is 0.400. The topological polar surface area (TPSA) is 35.2 Å². The van der Waals surface area contributed by atoms with Gasteiger partial charge >= 0.3 is 0 Å². The van der Waals surface area contributed by atoms with Crippen LogP contribution in [-0.2, 0) is 0 Å². The van der Waals surface area contributed by atoms with E-state index >= 15 is 0 Å². The lowest BCUT2D eigenvalue weighted by Crippen LogP contribution is -2.08. The van der Waals surface area contributed by atoms with Gasteiger partial charge in [0.1, 0.15) is 5.75 Å². The van der Waals surface area contributed by atoms with Crippen LogP contribution in [0.5, 0.6) is 5.75 Å². The number of nitrogens with two attached hydrogens (primary N) is 1. The van der Waals surface area contributed by atoms with Crippen molar-refractivity contribution >= 4 is 24.0 Å². The van der Waals surface area contributed by atoms with Gasteiger partial charge in [0, 0.05) is 6.04 Å². The molecular formula is C10H15Cl2NO. The van der Waals surface area contributed by atoms with Gasteiger partial charge in [0.25, 0.3) is 0 Å². The Balaban J connectivity index is 0.00000169. The predicted molar refractivity (Wildman–Crippen MR) is 62.5 cm³/mol. The molecule has 0 amide bonds. The van der Waals surface area contributed by atoms with Crippen molar-refractivity contribution in [1.29, 1.82) is 0 Å². The SMILES string of the molecule is CC[C@@H](N)c1ccc(Cl)c(OC)c1.Cl. The average molecular weight is 236 g/mol. The summed E-state index contributed by atoms with van der Waals surface area (Å²) in [5, 5.41) is 0.620. The summed E-state index contributed by atoms with van der Waals surface area (Å²) in [5.41, 5.74) is 6.93. The molecule has 0 saturated heterocycles. The minimum absolute atomic E-state index is 0. The lowest BCUT2D eigenvalue weighted by molar-refractivity contribution is 0.414. The highest BCUT2D eigenvalue weighted by molar-refractivity contribution is 6.32. The van der Waals surface area contributed by atoms with E-state index in [-0.39, 0.29) is 18.4 Å². The summed E-state index contributed by atoms with van der Waals surface area (Å²) in [6, 6.07) is 5.69. The predicted octanol–water partition coefficient (Wildman–Crippen LogP) is 3.18. The molecule has 0 radical (unpaired) electrons. The molecule has 2 N–H and O–H groups in total. The maximum atomic E-state index is 5.88. The van der Waals surface area contributed by atoms with Gasteiger partial charge in [-0.25, -0.2) is 0 Å². The maximum absolute atomic E-state index is 5.88. The molecule has 2 nitrogen and oxygen atoms in total. The molecule has 0 aliphatic carbocycles. The third-order valence-corrected chi connectivity index (χ3v) is 2.36. The molecule has 4 heteroatoms. The second-order valence-corrected chi connectivity index (χ2v) is 3.32. The van der Waals surface area contributed by atoms with E-state index in [0.29, 0.717) is 10.8 Å². The summed E-state index contributed by atoms with van der Waals surface area (Å²) >= 11 is 5.88. The van der Waals surface area contributed by atoms with Crippen LogP contribution in [0.15, 0.2) is 18.2 Å². The summed E-state index contributed by atoms with van der Waals surface area (Å²) in [7, 11) is 1.60. The standard InChI is InChI=1S/C10H14ClNO.ClH/c1-3-9(12)7-4-5-8(11)10(6-7)13-2;/h4-6,9H,3,12H2,1-2H3;1H/t9-;/m1./s1. The highest BCUT2D eigenvalue weighted by atomic mass is 35.5. The van der Waals surface area contributed by atoms with Crippen LogP contribution >= 0.6 is 24.0 Å². The van der Waals surface area contributed by atoms with Gasteiger partial charge in [-0.05, 0) is 24.1 Å². The van der Waals surface area contributed by atoms with E-state index in [1.165, 1.54) is 0 Å². The minimum Gasteiger partial charge on any atom is -0.495 e. The first-order chi connectivity index (χ1) is 6.19. The molecule has 0 aliphatic heterocycles. The second-order valence-electron chi connectivity index (χ2n) is 2.91. The number of halogens is 2. The van der Waals surface area contributed by atoms with Gasteiger partial charge in [-0.2, -0.15) is 0 Å². The Kier molecular flexibility index (Phi) is 5.93. The molecule has 0 bridgehead atoms. The van der Waals surface area contributed by atoms with Crippen molar-refractivity contribution < 1.29 is 4.74 Å². The molecule has 14 heavy (non-hydrogen) atoms. The molecule has 0 aliphatic rings. The van der Waals surface area contributed by atoms with Crippen molar-refractivity contribution in [2.75, 3.05) is 7.11 Å². The van der Waals surface area contributed by atoms with Crippen LogP contribution in [0.2, 0.25) is 5.02 Å². The zero-order valence-electron chi connectivity index (χ0n) is 8.29. The zero-order chi connectivity index (χ0) is 9.84. The first kappa shape index (κ1) is 13.6. The van der Waals surface area contributed by atoms with E-state index < -0.39 is 0 Å². The zero-order valence-corrected chi connectivity index (χ0v) is 9.86. The molecule has 0 spiro atoms. The monoisotopic (exact) mass is 235 g/mol. The van der Waals surface area contributed by atoms with Crippen molar-refractivity contribution in [1.82, 2.24) is 0 Å². The molecule has 80 valence electrons. The molecule has 1 atom stereocenters. The highest BCUT2D eigenvalue weighted by Gasteiger charge is 2.06. The first-order valence-corrected chi connectivity index (χ1v) is 4.65. The van der Waals surface area contributed by atoms with E-state index in [1.807, 2.05) is 25.1 Å². The number of benzene rings is 1. The lowest BCUT2D eigenvalue weighted by atomic mass is 10.1. The Bertz CT molecular complexity index is 291. The molecule has 0 heterocycles. The molecular weight excluding hydrogens is 221 g/mol. The summed E-state index contributed by atoms with van der Waals surface area (Å²) in [6.07, 6.45) is 0.908. The number of rotatable bonds is 3. The molecule has 0 fully saturated rings. The van der Waals surface area contributed by atoms with Crippen molar-refractivity contribution in [2.45, 2.75) is 19.4 Å². The van der Waals surface area contributed by atoms with Crippen LogP contribution in [-0.4, -0.2) is 7.11 Å². The second kappa shape index (κ2) is 6.12. The Morgan fingerprint density at radius 2 is 2.14 bits per heavy atom. The van der Waals surface area contributed by atoms with E-state index in [9.17, 15) is 0 Å². The normalized spacial score (nSPS) is 11.7. The Morgan fingerprint density at radius 3 is 2.64 bits per heavy atom. The molecule has 1 rings (SSSR count). The van der Waals surface area contributed by atoms with Gasteiger partial charge in [-0.1, -0.05) is 24.6 Å². The van der Waals surface area contributed by atoms with E-state index in [4.69, 9.17) is 22.1 Å². The van der Waals surface area contributed by atoms with Crippen LogP contribution in [0.3, 0.4) is 0 Å². The first-order valence-electron chi connectivity index (χ1n) is 4.28. The number of hydrogen-bond donors (Lipinski definition) is 1. The van der Waals surface area contributed by atoms with Crippen LogP contribution < -0.4 is 10.5 Å². The average Bonchev–Trinajstić information content (AvgIpc) is 2.17. The van der Waals surface area contributed by atoms with Crippen molar-refractivity contribution in [2.24, 2.45) is 5.73 Å². The largest absolute Gasteiger partial charge is 0.495 e. The van der Waals surface area contributed by atoms with Crippen molar-refractivity contribution in [3.8, 4) is 5.75 Å². The van der Waals surface area contributed by atoms with E-state index in [2.05, 4.69) is 0 Å². The van der Waals surface area contributed by atoms with Crippen molar-refractivity contribution in [3.05, 3.63) is 28.8 Å². The third kappa shape index (κ3) is 3.05. The van der Waals surface area contributed by atoms with Gasteiger partial charge in [0.05, 0.1) is 12.1 Å². The lowest BCUT2D eigenvalue weighted by Gasteiger charge is -2.11. The summed E-state index contributed by atoms with van der Waals surface area (Å²) in [6.45, 7) is 2.05. The fourth-order valence-corrected chi connectivity index (χ4v) is 1.34. The van der Waals surface area contributed by atoms with Gasteiger partial charge in [-0.15, -0.1) is 12.4 Å². The molecule has 1 aromatic rings. The van der Waals surface area contributed by atoms with Crippen LogP contribution in [0.1, 0.15) is 24.9 Å². The van der Waals surface area contributed by atoms with Crippen LogP contribution in [0, 0.1) is 0 Å². The number of methoxy groups -OCH3 is 1.